The summed E-state index contributed by atoms with van der Waals surface area (Å²) >= 11 is 5.14. The van der Waals surface area contributed by atoms with Gasteiger partial charge in [0.15, 0.2) is 5.78 Å². The van der Waals surface area contributed by atoms with Gasteiger partial charge in [-0.05, 0) is 5.75 Å². The lowest BCUT2D eigenvalue weighted by Gasteiger charge is -2.14. The number of carbonyl (C=O) groups excluding carboxylic acids is 2. The Bertz CT molecular complexity index is 270. The second-order valence-corrected chi connectivity index (χ2v) is 4.57. The maximum absolute atomic E-state index is 11.6. The van der Waals surface area contributed by atoms with Crippen LogP contribution in [0.4, 0.5) is 0 Å². The summed E-state index contributed by atoms with van der Waals surface area (Å²) in [4.78, 5) is 33.1. The van der Waals surface area contributed by atoms with Crippen LogP contribution in [-0.2, 0) is 14.4 Å². The lowest BCUT2D eigenvalue weighted by atomic mass is 10.1. The van der Waals surface area contributed by atoms with E-state index in [-0.39, 0.29) is 23.7 Å². The number of thiol groups is 1. The first-order valence-corrected chi connectivity index (χ1v) is 6.52. The minimum Gasteiger partial charge on any atom is -0.481 e. The van der Waals surface area contributed by atoms with Crippen molar-refractivity contribution < 1.29 is 19.5 Å². The first-order valence-electron chi connectivity index (χ1n) is 4.73. The van der Waals surface area contributed by atoms with Crippen molar-refractivity contribution >= 4 is 42.1 Å². The topological polar surface area (TPSA) is 83.5 Å². The molecule has 92 valence electrons. The smallest absolute Gasteiger partial charge is 0.305 e. The molecule has 0 aliphatic carbocycles. The predicted octanol–water partition coefficient (Wildman–Crippen LogP) is 0.198. The first-order chi connectivity index (χ1) is 7.51. The first kappa shape index (κ1) is 15.3. The van der Waals surface area contributed by atoms with Crippen molar-refractivity contribution in [2.24, 2.45) is 0 Å². The van der Waals surface area contributed by atoms with Crippen LogP contribution >= 0.6 is 24.4 Å². The van der Waals surface area contributed by atoms with Gasteiger partial charge in [-0.15, -0.1) is 0 Å². The number of carbonyl (C=O) groups is 3. The molecule has 0 saturated carbocycles. The van der Waals surface area contributed by atoms with Crippen molar-refractivity contribution in [3.8, 4) is 0 Å². The lowest BCUT2D eigenvalue weighted by Crippen LogP contribution is -2.43. The molecule has 0 aromatic rings. The molecule has 0 rings (SSSR count). The van der Waals surface area contributed by atoms with E-state index in [4.69, 9.17) is 5.11 Å². The summed E-state index contributed by atoms with van der Waals surface area (Å²) in [5.74, 6) is -0.911. The molecule has 0 aliphatic heterocycles. The molecule has 0 aliphatic rings. The SMILES string of the molecule is CCSCC(=O)C(CC(=O)O)NC(=O)CS. The van der Waals surface area contributed by atoms with E-state index >= 15 is 0 Å². The maximum Gasteiger partial charge on any atom is 0.305 e. The molecule has 7 heteroatoms. The van der Waals surface area contributed by atoms with E-state index in [1.807, 2.05) is 6.92 Å². The Morgan fingerprint density at radius 1 is 1.44 bits per heavy atom. The number of hydrogen-bond donors (Lipinski definition) is 3. The number of ketones is 1. The fraction of sp³-hybridized carbons (Fsp3) is 0.667. The standard InChI is InChI=1S/C9H15NO4S2/c1-2-16-5-7(11)6(3-9(13)14)10-8(12)4-15/h6,15H,2-5H2,1H3,(H,10,12)(H,13,14). The number of carboxylic acids is 1. The number of nitrogens with one attached hydrogen (secondary N) is 1. The Balaban J connectivity index is 4.34. The average Bonchev–Trinajstić information content (AvgIpc) is 2.24. The number of carboxylic acid groups (broad SMARTS) is 1. The van der Waals surface area contributed by atoms with Crippen molar-refractivity contribution in [3.05, 3.63) is 0 Å². The molecular weight excluding hydrogens is 250 g/mol. The molecule has 1 unspecified atom stereocenters. The van der Waals surface area contributed by atoms with Crippen LogP contribution in [-0.4, -0.2) is 46.1 Å². The molecule has 0 bridgehead atoms. The number of hydrogen-bond acceptors (Lipinski definition) is 5. The predicted molar refractivity (Wildman–Crippen MR) is 66.0 cm³/mol. The van der Waals surface area contributed by atoms with E-state index in [2.05, 4.69) is 17.9 Å². The van der Waals surface area contributed by atoms with Crippen molar-refractivity contribution in [2.75, 3.05) is 17.3 Å². The Labute approximate surface area is 104 Å². The van der Waals surface area contributed by atoms with E-state index < -0.39 is 17.9 Å². The van der Waals surface area contributed by atoms with E-state index in [1.54, 1.807) is 0 Å². The van der Waals surface area contributed by atoms with Gasteiger partial charge in [-0.2, -0.15) is 24.4 Å². The molecule has 2 N–H and O–H groups in total. The van der Waals surface area contributed by atoms with Gasteiger partial charge in [-0.25, -0.2) is 0 Å². The zero-order valence-electron chi connectivity index (χ0n) is 8.93. The van der Waals surface area contributed by atoms with Gasteiger partial charge < -0.3 is 10.4 Å². The van der Waals surface area contributed by atoms with Gasteiger partial charge >= 0.3 is 5.97 Å². The number of Topliss-reactive ketones (excluding diaryl/α,β-unsaturated/α-hetero) is 1. The van der Waals surface area contributed by atoms with E-state index in [1.165, 1.54) is 11.8 Å². The second-order valence-electron chi connectivity index (χ2n) is 2.98. The van der Waals surface area contributed by atoms with Crippen LogP contribution in [0.5, 0.6) is 0 Å². The summed E-state index contributed by atoms with van der Waals surface area (Å²) in [6.07, 6.45) is -0.386. The van der Waals surface area contributed by atoms with E-state index in [0.717, 1.165) is 5.75 Å². The summed E-state index contributed by atoms with van der Waals surface area (Å²) in [6.45, 7) is 1.90. The van der Waals surface area contributed by atoms with Crippen LogP contribution in [0.25, 0.3) is 0 Å². The van der Waals surface area contributed by atoms with E-state index in [9.17, 15) is 14.4 Å². The molecule has 1 atom stereocenters. The number of thioether (sulfide) groups is 1. The minimum atomic E-state index is -1.11. The monoisotopic (exact) mass is 265 g/mol. The third-order valence-electron chi connectivity index (χ3n) is 1.69. The van der Waals surface area contributed by atoms with Crippen LogP contribution in [0.3, 0.4) is 0 Å². The van der Waals surface area contributed by atoms with E-state index in [0.29, 0.717) is 0 Å². The fourth-order valence-electron chi connectivity index (χ4n) is 0.963. The Morgan fingerprint density at radius 3 is 2.50 bits per heavy atom. The molecule has 0 aromatic heterocycles. The van der Waals surface area contributed by atoms with Crippen molar-refractivity contribution in [3.63, 3.8) is 0 Å². The van der Waals surface area contributed by atoms with Crippen molar-refractivity contribution in [1.29, 1.82) is 0 Å². The molecule has 16 heavy (non-hydrogen) atoms. The zero-order valence-corrected chi connectivity index (χ0v) is 10.6. The molecular formula is C9H15NO4S2. The van der Waals surface area contributed by atoms with Crippen LogP contribution in [0, 0.1) is 0 Å². The highest BCUT2D eigenvalue weighted by atomic mass is 32.2. The van der Waals surface area contributed by atoms with Gasteiger partial charge in [0.1, 0.15) is 0 Å². The second kappa shape index (κ2) is 8.46. The largest absolute Gasteiger partial charge is 0.481 e. The molecule has 1 amide bonds. The number of amides is 1. The van der Waals surface area contributed by atoms with Crippen LogP contribution in [0.1, 0.15) is 13.3 Å². The summed E-state index contributed by atoms with van der Waals surface area (Å²) in [5, 5.41) is 11.0. The Kier molecular flexibility index (Phi) is 8.10. The van der Waals surface area contributed by atoms with Crippen molar-refractivity contribution in [1.82, 2.24) is 5.32 Å². The van der Waals surface area contributed by atoms with Gasteiger partial charge in [0.05, 0.1) is 24.0 Å². The Morgan fingerprint density at radius 2 is 2.06 bits per heavy atom. The minimum absolute atomic E-state index is 0.0652. The number of rotatable bonds is 8. The highest BCUT2D eigenvalue weighted by Gasteiger charge is 2.22. The van der Waals surface area contributed by atoms with Gasteiger partial charge in [-0.3, -0.25) is 14.4 Å². The third kappa shape index (κ3) is 6.73. The van der Waals surface area contributed by atoms with Crippen LogP contribution in [0.15, 0.2) is 0 Å². The molecule has 0 heterocycles. The summed E-state index contributed by atoms with van der Waals surface area (Å²) in [7, 11) is 0. The normalized spacial score (nSPS) is 11.9. The zero-order chi connectivity index (χ0) is 12.6. The summed E-state index contributed by atoms with van der Waals surface area (Å²) in [5.41, 5.74) is 0. The fourth-order valence-corrected chi connectivity index (χ4v) is 1.66. The van der Waals surface area contributed by atoms with Gasteiger partial charge in [0.25, 0.3) is 0 Å². The molecule has 0 fully saturated rings. The van der Waals surface area contributed by atoms with Crippen molar-refractivity contribution in [2.45, 2.75) is 19.4 Å². The summed E-state index contributed by atoms with van der Waals surface area (Å²) < 4.78 is 0. The van der Waals surface area contributed by atoms with Gasteiger partial charge in [-0.1, -0.05) is 6.92 Å². The Hall–Kier alpha value is -0.690. The average molecular weight is 265 g/mol. The number of aliphatic carboxylic acids is 1. The highest BCUT2D eigenvalue weighted by Crippen LogP contribution is 2.04. The molecule has 5 nitrogen and oxygen atoms in total. The van der Waals surface area contributed by atoms with Crippen LogP contribution < -0.4 is 5.32 Å². The van der Waals surface area contributed by atoms with Crippen LogP contribution in [0.2, 0.25) is 0 Å². The highest BCUT2D eigenvalue weighted by molar-refractivity contribution is 7.99. The van der Waals surface area contributed by atoms with Gasteiger partial charge in [0, 0.05) is 0 Å². The lowest BCUT2D eigenvalue weighted by molar-refractivity contribution is -0.139. The summed E-state index contributed by atoms with van der Waals surface area (Å²) in [6, 6.07) is -0.948. The molecule has 0 spiro atoms. The molecule has 0 radical (unpaired) electrons. The molecule has 0 saturated heterocycles. The van der Waals surface area contributed by atoms with Gasteiger partial charge in [0.2, 0.25) is 5.91 Å². The maximum atomic E-state index is 11.6. The third-order valence-corrected chi connectivity index (χ3v) is 2.88. The molecule has 0 aromatic carbocycles. The quantitative estimate of drug-likeness (QED) is 0.546.